The SMILES string of the molecule is O=C(CC1CCNCC1(F)F)C12CC3C[C@@](CCF)(C1)C[C@](c1ccccc1)(C3)C2. The second kappa shape index (κ2) is 7.08. The molecule has 4 bridgehead atoms. The first kappa shape index (κ1) is 20.5. The number of hydrogen-bond donors (Lipinski definition) is 1. The Morgan fingerprint density at radius 1 is 1.07 bits per heavy atom. The third-order valence-electron chi connectivity index (χ3n) is 8.85. The van der Waals surface area contributed by atoms with Gasteiger partial charge in [0.05, 0.1) is 13.2 Å². The van der Waals surface area contributed by atoms with Crippen LogP contribution >= 0.6 is 0 Å². The summed E-state index contributed by atoms with van der Waals surface area (Å²) in [6, 6.07) is 10.4. The Morgan fingerprint density at radius 3 is 2.60 bits per heavy atom. The number of alkyl halides is 3. The number of hydrogen-bond acceptors (Lipinski definition) is 2. The van der Waals surface area contributed by atoms with Crippen LogP contribution in [-0.4, -0.2) is 31.5 Å². The molecule has 4 saturated carbocycles. The maximum Gasteiger partial charge on any atom is 0.263 e. The molecule has 1 heterocycles. The van der Waals surface area contributed by atoms with Crippen LogP contribution in [0.1, 0.15) is 63.4 Å². The topological polar surface area (TPSA) is 29.1 Å². The van der Waals surface area contributed by atoms with Gasteiger partial charge < -0.3 is 5.32 Å². The van der Waals surface area contributed by atoms with Crippen LogP contribution in [0, 0.1) is 22.7 Å². The van der Waals surface area contributed by atoms with Gasteiger partial charge in [0, 0.05) is 17.8 Å². The van der Waals surface area contributed by atoms with E-state index in [9.17, 15) is 18.0 Å². The molecule has 5 aliphatic rings. The number of carbonyl (C=O) groups is 1. The summed E-state index contributed by atoms with van der Waals surface area (Å²) in [6.07, 6.45) is 6.04. The smallest absolute Gasteiger partial charge is 0.263 e. The van der Waals surface area contributed by atoms with Crippen molar-refractivity contribution < 1.29 is 18.0 Å². The Hall–Kier alpha value is -1.36. The Morgan fingerprint density at radius 2 is 1.87 bits per heavy atom. The summed E-state index contributed by atoms with van der Waals surface area (Å²) in [5.41, 5.74) is 0.436. The van der Waals surface area contributed by atoms with Crippen LogP contribution in [0.4, 0.5) is 13.2 Å². The summed E-state index contributed by atoms with van der Waals surface area (Å²) in [5.74, 6) is -3.28. The van der Waals surface area contributed by atoms with E-state index in [1.54, 1.807) is 0 Å². The van der Waals surface area contributed by atoms with Crippen molar-refractivity contribution in [2.24, 2.45) is 22.7 Å². The van der Waals surface area contributed by atoms with Gasteiger partial charge in [-0.1, -0.05) is 30.3 Å². The average molecular weight is 420 g/mol. The summed E-state index contributed by atoms with van der Waals surface area (Å²) in [7, 11) is 0. The number of rotatable bonds is 6. The largest absolute Gasteiger partial charge is 0.311 e. The van der Waals surface area contributed by atoms with Crippen LogP contribution in [0.15, 0.2) is 30.3 Å². The Bertz CT molecular complexity index is 814. The van der Waals surface area contributed by atoms with Crippen molar-refractivity contribution >= 4 is 5.78 Å². The highest BCUT2D eigenvalue weighted by Crippen LogP contribution is 2.71. The zero-order valence-electron chi connectivity index (χ0n) is 17.6. The van der Waals surface area contributed by atoms with Crippen molar-refractivity contribution in [1.29, 1.82) is 0 Å². The van der Waals surface area contributed by atoms with Gasteiger partial charge in [0.15, 0.2) is 0 Å². The van der Waals surface area contributed by atoms with Crippen LogP contribution in [0.25, 0.3) is 0 Å². The quantitative estimate of drug-likeness (QED) is 0.664. The number of nitrogens with one attached hydrogen (secondary N) is 1. The minimum Gasteiger partial charge on any atom is -0.311 e. The monoisotopic (exact) mass is 419 g/mol. The van der Waals surface area contributed by atoms with E-state index in [0.717, 1.165) is 32.1 Å². The molecule has 164 valence electrons. The van der Waals surface area contributed by atoms with Crippen molar-refractivity contribution in [1.82, 2.24) is 5.32 Å². The van der Waals surface area contributed by atoms with Crippen molar-refractivity contribution in [3.63, 3.8) is 0 Å². The Balaban J connectivity index is 1.49. The zero-order chi connectivity index (χ0) is 21.0. The average Bonchev–Trinajstić information content (AvgIpc) is 2.69. The molecule has 30 heavy (non-hydrogen) atoms. The molecule has 2 nitrogen and oxygen atoms in total. The summed E-state index contributed by atoms with van der Waals surface area (Å²) in [4.78, 5) is 13.7. The lowest BCUT2D eigenvalue weighted by molar-refractivity contribution is -0.166. The number of Topliss-reactive ketones (excluding diaryl/α,β-unsaturated/α-hetero) is 1. The van der Waals surface area contributed by atoms with E-state index in [1.165, 1.54) is 5.56 Å². The van der Waals surface area contributed by atoms with Crippen LogP contribution < -0.4 is 5.32 Å². The first-order valence-electron chi connectivity index (χ1n) is 11.5. The molecule has 5 heteroatoms. The normalized spacial score (nSPS) is 41.7. The molecule has 6 rings (SSSR count). The van der Waals surface area contributed by atoms with Crippen molar-refractivity contribution in [3.05, 3.63) is 35.9 Å². The Kier molecular flexibility index (Phi) is 4.85. The van der Waals surface area contributed by atoms with Crippen molar-refractivity contribution in [2.75, 3.05) is 19.8 Å². The molecule has 1 aromatic rings. The predicted molar refractivity (Wildman–Crippen MR) is 110 cm³/mol. The van der Waals surface area contributed by atoms with Gasteiger partial charge >= 0.3 is 0 Å². The molecular weight excluding hydrogens is 387 g/mol. The summed E-state index contributed by atoms with van der Waals surface area (Å²) in [5, 5.41) is 2.76. The highest BCUT2D eigenvalue weighted by molar-refractivity contribution is 5.86. The van der Waals surface area contributed by atoms with E-state index in [4.69, 9.17) is 0 Å². The minimum absolute atomic E-state index is 0.0294. The van der Waals surface area contributed by atoms with E-state index in [1.807, 2.05) is 18.2 Å². The molecule has 5 fully saturated rings. The molecule has 3 unspecified atom stereocenters. The number of ketones is 1. The maximum atomic E-state index is 14.5. The van der Waals surface area contributed by atoms with Crippen LogP contribution in [-0.2, 0) is 10.2 Å². The highest BCUT2D eigenvalue weighted by Gasteiger charge is 2.65. The van der Waals surface area contributed by atoms with Gasteiger partial charge in [0.2, 0.25) is 0 Å². The molecular formula is C25H32F3NO. The van der Waals surface area contributed by atoms with Gasteiger partial charge in [-0.3, -0.25) is 9.18 Å². The zero-order valence-corrected chi connectivity index (χ0v) is 17.6. The van der Waals surface area contributed by atoms with Gasteiger partial charge in [-0.15, -0.1) is 0 Å². The lowest BCUT2D eigenvalue weighted by Crippen LogP contribution is -2.61. The van der Waals surface area contributed by atoms with Gasteiger partial charge in [-0.25, -0.2) is 8.78 Å². The molecule has 5 atom stereocenters. The fourth-order valence-corrected chi connectivity index (χ4v) is 8.12. The fraction of sp³-hybridized carbons (Fsp3) is 0.720. The summed E-state index contributed by atoms with van der Waals surface area (Å²) < 4.78 is 42.6. The first-order valence-corrected chi connectivity index (χ1v) is 11.5. The highest BCUT2D eigenvalue weighted by atomic mass is 19.3. The molecule has 1 N–H and O–H groups in total. The van der Waals surface area contributed by atoms with E-state index < -0.39 is 17.3 Å². The summed E-state index contributed by atoms with van der Waals surface area (Å²) in [6.45, 7) is -0.155. The lowest BCUT2D eigenvalue weighted by Gasteiger charge is -2.66. The molecule has 4 aliphatic carbocycles. The van der Waals surface area contributed by atoms with Crippen LogP contribution in [0.5, 0.6) is 0 Å². The number of carbonyl (C=O) groups excluding carboxylic acids is 1. The standard InChI is InChI=1S/C25H32F3NO/c26-8-7-22-11-18-12-23(14-22,19-4-2-1-3-5-19)16-24(13-18,15-22)21(30)10-20-6-9-29-17-25(20,27)28/h1-5,18,20,29H,6-17H2/t18?,20?,22-,23-,24?/m1/s1. The second-order valence-electron chi connectivity index (χ2n) is 10.9. The molecule has 0 spiro atoms. The third kappa shape index (κ3) is 3.23. The van der Waals surface area contributed by atoms with Gasteiger partial charge in [-0.2, -0.15) is 0 Å². The molecule has 1 aromatic carbocycles. The second-order valence-corrected chi connectivity index (χ2v) is 10.9. The fourth-order valence-electron chi connectivity index (χ4n) is 8.12. The van der Waals surface area contributed by atoms with E-state index in [-0.39, 0.29) is 36.3 Å². The first-order chi connectivity index (χ1) is 14.3. The van der Waals surface area contributed by atoms with E-state index in [0.29, 0.717) is 31.7 Å². The van der Waals surface area contributed by atoms with Crippen LogP contribution in [0.3, 0.4) is 0 Å². The molecule has 1 aliphatic heterocycles. The van der Waals surface area contributed by atoms with E-state index in [2.05, 4.69) is 17.4 Å². The third-order valence-corrected chi connectivity index (χ3v) is 8.85. The minimum atomic E-state index is -2.83. The van der Waals surface area contributed by atoms with Gasteiger partial charge in [0.25, 0.3) is 5.92 Å². The Labute approximate surface area is 177 Å². The van der Waals surface area contributed by atoms with Gasteiger partial charge in [-0.05, 0) is 80.2 Å². The van der Waals surface area contributed by atoms with Crippen LogP contribution in [0.2, 0.25) is 0 Å². The number of benzene rings is 1. The number of halogens is 3. The van der Waals surface area contributed by atoms with Crippen molar-refractivity contribution in [2.45, 2.75) is 69.1 Å². The summed E-state index contributed by atoms with van der Waals surface area (Å²) >= 11 is 0. The predicted octanol–water partition coefficient (Wildman–Crippen LogP) is 5.46. The maximum absolute atomic E-state index is 14.5. The van der Waals surface area contributed by atoms with Gasteiger partial charge in [0.1, 0.15) is 5.78 Å². The molecule has 0 radical (unpaired) electrons. The number of piperidine rings is 1. The molecule has 0 amide bonds. The molecule has 1 saturated heterocycles. The molecule has 0 aromatic heterocycles. The lowest BCUT2D eigenvalue weighted by atomic mass is 9.37. The van der Waals surface area contributed by atoms with Crippen molar-refractivity contribution in [3.8, 4) is 0 Å². The van der Waals surface area contributed by atoms with E-state index >= 15 is 0 Å².